The normalized spacial score (nSPS) is 11.4. The Morgan fingerprint density at radius 2 is 1.71 bits per heavy atom. The van der Waals surface area contributed by atoms with Gasteiger partial charge in [-0.3, -0.25) is 0 Å². The van der Waals surface area contributed by atoms with Crippen LogP contribution >= 0.6 is 0 Å². The molecule has 24 heavy (non-hydrogen) atoms. The molecule has 0 amide bonds. The zero-order valence-electron chi connectivity index (χ0n) is 12.8. The first-order valence-corrected chi connectivity index (χ1v) is 7.44. The molecular formula is C16H17N3O5. The number of fused-ring (bicyclic) bond motifs is 2. The average molecular weight is 331 g/mol. The van der Waals surface area contributed by atoms with Crippen LogP contribution < -0.4 is 15.2 Å². The van der Waals surface area contributed by atoms with Gasteiger partial charge in [-0.15, -0.1) is 0 Å². The van der Waals surface area contributed by atoms with E-state index in [1.54, 1.807) is 0 Å². The molecule has 126 valence electrons. The zero-order chi connectivity index (χ0) is 17.3. The molecule has 8 heteroatoms. The number of hydrogen-bond acceptors (Lipinski definition) is 6. The lowest BCUT2D eigenvalue weighted by Crippen LogP contribution is -2.39. The lowest BCUT2D eigenvalue weighted by atomic mass is 10.1. The first kappa shape index (κ1) is 16.0. The van der Waals surface area contributed by atoms with E-state index in [4.69, 9.17) is 10.5 Å². The van der Waals surface area contributed by atoms with Gasteiger partial charge in [-0.25, -0.2) is 0 Å². The fourth-order valence-corrected chi connectivity index (χ4v) is 2.61. The summed E-state index contributed by atoms with van der Waals surface area (Å²) in [5, 5.41) is 45.1. The van der Waals surface area contributed by atoms with Crippen LogP contribution in [-0.4, -0.2) is 23.4 Å². The highest BCUT2D eigenvalue weighted by Gasteiger charge is 2.27. The maximum Gasteiger partial charge on any atom is 0.332 e. The largest absolute Gasteiger partial charge is 0.617 e. The summed E-state index contributed by atoms with van der Waals surface area (Å²) in [6.45, 7) is 1.12. The molecule has 1 heterocycles. The van der Waals surface area contributed by atoms with Crippen molar-refractivity contribution in [2.24, 2.45) is 5.73 Å². The second-order valence-electron chi connectivity index (χ2n) is 5.41. The Bertz CT molecular complexity index is 913. The Balaban J connectivity index is 2.17. The van der Waals surface area contributed by atoms with Crippen LogP contribution in [0.3, 0.4) is 0 Å². The van der Waals surface area contributed by atoms with Crippen molar-refractivity contribution in [1.82, 2.24) is 0 Å². The third-order valence-corrected chi connectivity index (χ3v) is 3.73. The average Bonchev–Trinajstić information content (AvgIpc) is 2.56. The Morgan fingerprint density at radius 3 is 2.46 bits per heavy atom. The molecule has 0 aliphatic carbocycles. The number of aromatic nitrogens is 2. The highest BCUT2D eigenvalue weighted by atomic mass is 16.5. The van der Waals surface area contributed by atoms with Gasteiger partial charge in [0.25, 0.3) is 11.0 Å². The van der Waals surface area contributed by atoms with Crippen LogP contribution in [0, 0.1) is 10.4 Å². The molecule has 0 bridgehead atoms. The standard InChI is InChI=1S/C16H17N3O5/c17-5-2-6-24-9-10-7-12-16(14(21)8-10)18(22)11-3-1-4-13(20)15(11)19(12)23/h1,3-4,7-8,20-21H,2,5-6,9,17H2. The van der Waals surface area contributed by atoms with Crippen molar-refractivity contribution in [3.63, 3.8) is 0 Å². The summed E-state index contributed by atoms with van der Waals surface area (Å²) in [5.74, 6) is -0.632. The first-order chi connectivity index (χ1) is 11.5. The number of ether oxygens (including phenoxy) is 1. The highest BCUT2D eigenvalue weighted by Crippen LogP contribution is 2.26. The van der Waals surface area contributed by atoms with Crippen molar-refractivity contribution in [1.29, 1.82) is 0 Å². The van der Waals surface area contributed by atoms with Crippen LogP contribution in [0.2, 0.25) is 0 Å². The van der Waals surface area contributed by atoms with Crippen LogP contribution in [0.25, 0.3) is 22.1 Å². The van der Waals surface area contributed by atoms with Crippen LogP contribution in [0.1, 0.15) is 12.0 Å². The molecule has 3 aromatic rings. The number of benzene rings is 2. The molecule has 0 saturated carbocycles. The quantitative estimate of drug-likeness (QED) is 0.271. The van der Waals surface area contributed by atoms with Crippen LogP contribution in [0.4, 0.5) is 0 Å². The zero-order valence-corrected chi connectivity index (χ0v) is 12.8. The second-order valence-corrected chi connectivity index (χ2v) is 5.41. The monoisotopic (exact) mass is 331 g/mol. The van der Waals surface area contributed by atoms with Crippen molar-refractivity contribution in [2.75, 3.05) is 13.2 Å². The van der Waals surface area contributed by atoms with E-state index >= 15 is 0 Å². The van der Waals surface area contributed by atoms with E-state index in [0.717, 1.165) is 0 Å². The summed E-state index contributed by atoms with van der Waals surface area (Å²) in [6.07, 6.45) is 0.695. The van der Waals surface area contributed by atoms with E-state index in [1.165, 1.54) is 30.3 Å². The van der Waals surface area contributed by atoms with Crippen molar-refractivity contribution in [3.8, 4) is 11.5 Å². The Kier molecular flexibility index (Phi) is 4.24. The number of phenolic OH excluding ortho intramolecular Hbond substituents is 2. The van der Waals surface area contributed by atoms with Gasteiger partial charge in [-0.1, -0.05) is 6.07 Å². The summed E-state index contributed by atoms with van der Waals surface area (Å²) in [5.41, 5.74) is 5.54. The van der Waals surface area contributed by atoms with E-state index in [9.17, 15) is 20.6 Å². The molecule has 0 spiro atoms. The van der Waals surface area contributed by atoms with Gasteiger partial charge in [0.2, 0.25) is 0 Å². The van der Waals surface area contributed by atoms with E-state index in [0.29, 0.717) is 34.6 Å². The predicted molar refractivity (Wildman–Crippen MR) is 86.0 cm³/mol. The molecule has 0 aliphatic rings. The lowest BCUT2D eigenvalue weighted by Gasteiger charge is -2.10. The number of hydrogen-bond donors (Lipinski definition) is 3. The smallest absolute Gasteiger partial charge is 0.332 e. The summed E-state index contributed by atoms with van der Waals surface area (Å²) in [7, 11) is 0. The summed E-state index contributed by atoms with van der Waals surface area (Å²) < 4.78 is 6.29. The molecule has 4 N–H and O–H groups in total. The number of para-hydroxylation sites is 1. The predicted octanol–water partition coefficient (Wildman–Crippen LogP) is 0.536. The molecule has 0 fully saturated rings. The summed E-state index contributed by atoms with van der Waals surface area (Å²) in [6, 6.07) is 7.02. The van der Waals surface area contributed by atoms with E-state index in [2.05, 4.69) is 0 Å². The maximum atomic E-state index is 12.6. The molecule has 0 atom stereocenters. The van der Waals surface area contributed by atoms with Gasteiger partial charge in [0.1, 0.15) is 0 Å². The van der Waals surface area contributed by atoms with Gasteiger partial charge in [0.05, 0.1) is 6.61 Å². The number of nitrogens with two attached hydrogens (primary N) is 1. The second kappa shape index (κ2) is 6.34. The Labute approximate surface area is 137 Å². The first-order valence-electron chi connectivity index (χ1n) is 7.44. The van der Waals surface area contributed by atoms with Crippen LogP contribution in [0.5, 0.6) is 11.5 Å². The number of aromatic hydroxyl groups is 2. The number of nitrogens with zero attached hydrogens (tertiary/aromatic N) is 2. The minimum atomic E-state index is -0.324. The maximum absolute atomic E-state index is 12.6. The third kappa shape index (κ3) is 2.61. The Hall–Kier alpha value is -2.84. The SMILES string of the molecule is NCCCOCc1cc(O)c2c(c1)[n+]([O-])c1c(O)cccc1[n+]2[O-]. The van der Waals surface area contributed by atoms with Gasteiger partial charge in [-0.2, -0.15) is 9.46 Å². The molecular weight excluding hydrogens is 314 g/mol. The van der Waals surface area contributed by atoms with Crippen molar-refractivity contribution in [2.45, 2.75) is 13.0 Å². The van der Waals surface area contributed by atoms with E-state index in [-0.39, 0.29) is 40.2 Å². The van der Waals surface area contributed by atoms with E-state index in [1.807, 2.05) is 0 Å². The molecule has 2 aromatic carbocycles. The molecule has 0 radical (unpaired) electrons. The Morgan fingerprint density at radius 1 is 1.00 bits per heavy atom. The van der Waals surface area contributed by atoms with Gasteiger partial charge in [0, 0.05) is 18.7 Å². The van der Waals surface area contributed by atoms with Gasteiger partial charge in [-0.05, 0) is 30.7 Å². The molecule has 0 saturated heterocycles. The third-order valence-electron chi connectivity index (χ3n) is 3.73. The van der Waals surface area contributed by atoms with Crippen LogP contribution in [-0.2, 0) is 11.3 Å². The lowest BCUT2D eigenvalue weighted by molar-refractivity contribution is -0.591. The van der Waals surface area contributed by atoms with Gasteiger partial charge in [0.15, 0.2) is 11.5 Å². The van der Waals surface area contributed by atoms with Crippen molar-refractivity contribution in [3.05, 3.63) is 46.3 Å². The molecule has 3 rings (SSSR count). The summed E-state index contributed by atoms with van der Waals surface area (Å²) in [4.78, 5) is 0. The molecule has 0 unspecified atom stereocenters. The molecule has 0 aliphatic heterocycles. The highest BCUT2D eigenvalue weighted by molar-refractivity contribution is 5.83. The van der Waals surface area contributed by atoms with Gasteiger partial charge < -0.3 is 31.1 Å². The van der Waals surface area contributed by atoms with Crippen molar-refractivity contribution < 1.29 is 24.4 Å². The van der Waals surface area contributed by atoms with Crippen molar-refractivity contribution >= 4 is 22.1 Å². The van der Waals surface area contributed by atoms with Crippen LogP contribution in [0.15, 0.2) is 30.3 Å². The van der Waals surface area contributed by atoms with E-state index < -0.39 is 0 Å². The fourth-order valence-electron chi connectivity index (χ4n) is 2.61. The fraction of sp³-hybridized carbons (Fsp3) is 0.250. The minimum Gasteiger partial charge on any atom is -0.617 e. The molecule has 8 nitrogen and oxygen atoms in total. The topological polar surface area (TPSA) is 130 Å². The van der Waals surface area contributed by atoms with Gasteiger partial charge >= 0.3 is 11.0 Å². The minimum absolute atomic E-state index is 0.0280. The molecule has 1 aromatic heterocycles. The number of rotatable bonds is 5. The summed E-state index contributed by atoms with van der Waals surface area (Å²) >= 11 is 0. The number of phenols is 2.